The maximum atomic E-state index is 12.3. The fraction of sp³-hybridized carbons (Fsp3) is 0.682. The third-order valence-electron chi connectivity index (χ3n) is 8.27. The van der Waals surface area contributed by atoms with Gasteiger partial charge in [-0.1, -0.05) is 6.07 Å². The number of rotatable bonds is 3. The zero-order valence-electron chi connectivity index (χ0n) is 16.4. The van der Waals surface area contributed by atoms with Crippen molar-refractivity contribution in [3.05, 3.63) is 22.8 Å². The number of aromatic hydroxyl groups is 1. The summed E-state index contributed by atoms with van der Waals surface area (Å²) in [5, 5.41) is 23.1. The van der Waals surface area contributed by atoms with Gasteiger partial charge in [0.25, 0.3) is 0 Å². The van der Waals surface area contributed by atoms with Crippen LogP contribution < -0.4 is 4.74 Å². The van der Waals surface area contributed by atoms with Gasteiger partial charge in [0.05, 0.1) is 17.6 Å². The zero-order valence-corrected chi connectivity index (χ0v) is 16.4. The first-order chi connectivity index (χ1) is 13.5. The van der Waals surface area contributed by atoms with E-state index < -0.39 is 11.0 Å². The number of amides is 1. The van der Waals surface area contributed by atoms with Crippen LogP contribution in [0.2, 0.25) is 0 Å². The van der Waals surface area contributed by atoms with E-state index in [9.17, 15) is 15.0 Å². The number of phenols is 1. The second-order valence-electron chi connectivity index (χ2n) is 9.67. The lowest BCUT2D eigenvalue weighted by atomic mass is 9.52. The van der Waals surface area contributed by atoms with Crippen molar-refractivity contribution in [1.82, 2.24) is 9.80 Å². The lowest BCUT2D eigenvalue weighted by Gasteiger charge is -2.60. The van der Waals surface area contributed by atoms with Gasteiger partial charge in [-0.2, -0.15) is 0 Å². The van der Waals surface area contributed by atoms with E-state index in [1.165, 1.54) is 18.4 Å². The van der Waals surface area contributed by atoms with Crippen LogP contribution in [0.3, 0.4) is 0 Å². The highest BCUT2D eigenvalue weighted by Gasteiger charge is 2.71. The van der Waals surface area contributed by atoms with Gasteiger partial charge >= 0.3 is 0 Å². The van der Waals surface area contributed by atoms with Crippen molar-refractivity contribution < 1.29 is 19.7 Å². The monoisotopic (exact) mass is 384 g/mol. The number of likely N-dealkylation sites (tertiary alicyclic amines) is 2. The third kappa shape index (κ3) is 1.93. The Hall–Kier alpha value is -1.79. The van der Waals surface area contributed by atoms with E-state index >= 15 is 0 Å². The Morgan fingerprint density at radius 3 is 2.89 bits per heavy atom. The predicted molar refractivity (Wildman–Crippen MR) is 103 cm³/mol. The summed E-state index contributed by atoms with van der Waals surface area (Å²) in [4.78, 5) is 15.9. The molecule has 2 saturated heterocycles. The molecular weight excluding hydrogens is 356 g/mol. The van der Waals surface area contributed by atoms with E-state index in [0.29, 0.717) is 25.3 Å². The first-order valence-corrected chi connectivity index (χ1v) is 10.7. The molecule has 1 spiro atoms. The van der Waals surface area contributed by atoms with Gasteiger partial charge in [-0.15, -0.1) is 0 Å². The van der Waals surface area contributed by atoms with E-state index in [2.05, 4.69) is 11.0 Å². The van der Waals surface area contributed by atoms with Gasteiger partial charge in [-0.3, -0.25) is 9.69 Å². The maximum Gasteiger partial charge on any atom is 0.209 e. The molecule has 1 aromatic rings. The van der Waals surface area contributed by atoms with Crippen molar-refractivity contribution in [3.63, 3.8) is 0 Å². The normalized spacial score (nSPS) is 38.6. The van der Waals surface area contributed by atoms with Crippen molar-refractivity contribution in [2.45, 2.75) is 62.2 Å². The number of piperidine rings is 1. The summed E-state index contributed by atoms with van der Waals surface area (Å²) in [6.07, 6.45) is 5.32. The average molecular weight is 384 g/mol. The van der Waals surface area contributed by atoms with Crippen LogP contribution in [0, 0.1) is 12.8 Å². The molecule has 2 aliphatic carbocycles. The summed E-state index contributed by atoms with van der Waals surface area (Å²) < 4.78 is 6.37. The van der Waals surface area contributed by atoms with Crippen LogP contribution in [-0.2, 0) is 16.6 Å². The van der Waals surface area contributed by atoms with Gasteiger partial charge < -0.3 is 19.8 Å². The van der Waals surface area contributed by atoms with Gasteiger partial charge in [0.2, 0.25) is 6.41 Å². The minimum absolute atomic E-state index is 0.0435. The van der Waals surface area contributed by atoms with Crippen molar-refractivity contribution >= 4 is 6.41 Å². The predicted octanol–water partition coefficient (Wildman–Crippen LogP) is 1.33. The number of phenolic OH excluding ortho intramolecular Hbond substituents is 1. The Labute approximate surface area is 165 Å². The number of hydrogen-bond acceptors (Lipinski definition) is 5. The number of aliphatic hydroxyl groups is 1. The summed E-state index contributed by atoms with van der Waals surface area (Å²) in [6.45, 7) is 4.94. The zero-order chi connectivity index (χ0) is 19.3. The quantitative estimate of drug-likeness (QED) is 0.770. The highest BCUT2D eigenvalue weighted by atomic mass is 16.5. The molecule has 0 radical (unpaired) electrons. The van der Waals surface area contributed by atoms with Crippen LogP contribution in [-0.4, -0.2) is 70.3 Å². The summed E-state index contributed by atoms with van der Waals surface area (Å²) >= 11 is 0. The largest absolute Gasteiger partial charge is 0.504 e. The molecule has 0 aromatic heterocycles. The Balaban J connectivity index is 1.57. The topological polar surface area (TPSA) is 73.2 Å². The van der Waals surface area contributed by atoms with Gasteiger partial charge in [0, 0.05) is 24.7 Å². The molecule has 6 rings (SSSR count). The molecule has 150 valence electrons. The van der Waals surface area contributed by atoms with Gasteiger partial charge in [-0.25, -0.2) is 0 Å². The first kappa shape index (κ1) is 17.1. The molecule has 4 atom stereocenters. The summed E-state index contributed by atoms with van der Waals surface area (Å²) in [5.74, 6) is 1.52. The van der Waals surface area contributed by atoms with E-state index in [0.717, 1.165) is 49.4 Å². The number of aryl methyl sites for hydroxylation is 1. The molecule has 5 aliphatic rings. The molecule has 28 heavy (non-hydrogen) atoms. The van der Waals surface area contributed by atoms with Crippen LogP contribution in [0.1, 0.15) is 42.4 Å². The minimum atomic E-state index is -0.942. The average Bonchev–Trinajstić information content (AvgIpc) is 3.44. The number of benzene rings is 1. The molecule has 1 amide bonds. The van der Waals surface area contributed by atoms with Crippen molar-refractivity contribution in [2.24, 2.45) is 5.92 Å². The lowest BCUT2D eigenvalue weighted by molar-refractivity contribution is -0.162. The summed E-state index contributed by atoms with van der Waals surface area (Å²) in [5.41, 5.74) is 1.58. The standard InChI is InChI=1S/C22H28N2O4/c1-13-8-15-9-16-22(27)5-6-23(12-25)11-17-21(22,18(15)20(28-17)19(13)26)4-7-24(16)10-14-2-3-14/h8,12,14,16-17,26-27H,2-7,9-11H2,1H3/t16?,17-,21?,22?/m0/s1. The highest BCUT2D eigenvalue weighted by Crippen LogP contribution is 2.64. The molecule has 3 aliphatic heterocycles. The molecule has 1 saturated carbocycles. The number of ether oxygens (including phenoxy) is 1. The Morgan fingerprint density at radius 2 is 2.14 bits per heavy atom. The molecule has 6 heteroatoms. The number of hydrogen-bond donors (Lipinski definition) is 2. The third-order valence-corrected chi connectivity index (χ3v) is 8.27. The first-order valence-electron chi connectivity index (χ1n) is 10.7. The van der Waals surface area contributed by atoms with E-state index in [1.807, 2.05) is 6.92 Å². The second kappa shape index (κ2) is 5.42. The van der Waals surface area contributed by atoms with E-state index in [4.69, 9.17) is 4.74 Å². The fourth-order valence-corrected chi connectivity index (χ4v) is 6.74. The number of carbonyl (C=O) groups excluding carboxylic acids is 1. The van der Waals surface area contributed by atoms with Gasteiger partial charge in [-0.05, 0) is 62.6 Å². The Kier molecular flexibility index (Phi) is 3.31. The SMILES string of the molecule is Cc1cc2c3c(c1O)O[C@H]1CN(C=O)CCC4(O)C(C2)N(CC2CC2)CCC314. The van der Waals surface area contributed by atoms with Gasteiger partial charge in [0.1, 0.15) is 6.10 Å². The van der Waals surface area contributed by atoms with E-state index in [-0.39, 0.29) is 17.9 Å². The maximum absolute atomic E-state index is 12.3. The van der Waals surface area contributed by atoms with Crippen LogP contribution in [0.4, 0.5) is 0 Å². The number of nitrogens with zero attached hydrogens (tertiary/aromatic N) is 2. The smallest absolute Gasteiger partial charge is 0.209 e. The molecular formula is C22H28N2O4. The van der Waals surface area contributed by atoms with Crippen LogP contribution in [0.25, 0.3) is 0 Å². The molecule has 6 nitrogen and oxygen atoms in total. The van der Waals surface area contributed by atoms with Crippen molar-refractivity contribution in [1.29, 1.82) is 0 Å². The summed E-state index contributed by atoms with van der Waals surface area (Å²) in [7, 11) is 0. The lowest BCUT2D eigenvalue weighted by Crippen LogP contribution is -2.74. The molecule has 2 N–H and O–H groups in total. The second-order valence-corrected chi connectivity index (χ2v) is 9.67. The molecule has 3 heterocycles. The Morgan fingerprint density at radius 1 is 1.32 bits per heavy atom. The van der Waals surface area contributed by atoms with Crippen molar-refractivity contribution in [3.8, 4) is 11.5 Å². The number of carbonyl (C=O) groups is 1. The Bertz CT molecular complexity index is 869. The van der Waals surface area contributed by atoms with Gasteiger partial charge in [0.15, 0.2) is 11.5 Å². The molecule has 3 fully saturated rings. The van der Waals surface area contributed by atoms with Crippen LogP contribution >= 0.6 is 0 Å². The van der Waals surface area contributed by atoms with Crippen LogP contribution in [0.15, 0.2) is 6.07 Å². The van der Waals surface area contributed by atoms with E-state index in [1.54, 1.807) is 4.90 Å². The van der Waals surface area contributed by atoms with Crippen LogP contribution in [0.5, 0.6) is 11.5 Å². The molecule has 1 aromatic carbocycles. The van der Waals surface area contributed by atoms with Crippen molar-refractivity contribution in [2.75, 3.05) is 26.2 Å². The summed E-state index contributed by atoms with van der Waals surface area (Å²) in [6, 6.07) is 2.14. The minimum Gasteiger partial charge on any atom is -0.504 e. The fourth-order valence-electron chi connectivity index (χ4n) is 6.74. The highest BCUT2D eigenvalue weighted by molar-refractivity contribution is 5.65. The molecule has 3 unspecified atom stereocenters. The molecule has 2 bridgehead atoms.